The SMILES string of the molecule is Cc1ccc(CC=Nc2ccccc2O[SiH](C)C)nc1. The molecule has 0 amide bonds. The second-order valence-electron chi connectivity index (χ2n) is 4.98. The van der Waals surface area contributed by atoms with Crippen molar-refractivity contribution in [1.82, 2.24) is 4.98 Å². The molecule has 0 aliphatic heterocycles. The van der Waals surface area contributed by atoms with E-state index in [1.165, 1.54) is 5.56 Å². The van der Waals surface area contributed by atoms with Crippen molar-refractivity contribution in [3.63, 3.8) is 0 Å². The predicted octanol–water partition coefficient (Wildman–Crippen LogP) is 3.70. The van der Waals surface area contributed by atoms with E-state index in [1.54, 1.807) is 0 Å². The van der Waals surface area contributed by atoms with E-state index >= 15 is 0 Å². The maximum absolute atomic E-state index is 5.87. The minimum absolute atomic E-state index is 0.730. The van der Waals surface area contributed by atoms with Crippen molar-refractivity contribution in [2.75, 3.05) is 0 Å². The Balaban J connectivity index is 2.05. The van der Waals surface area contributed by atoms with Crippen LogP contribution in [-0.4, -0.2) is 20.2 Å². The number of aliphatic imine (C=N–C) groups is 1. The van der Waals surface area contributed by atoms with Crippen molar-refractivity contribution in [2.45, 2.75) is 26.4 Å². The van der Waals surface area contributed by atoms with Gasteiger partial charge in [0.1, 0.15) is 11.4 Å². The number of benzene rings is 1. The van der Waals surface area contributed by atoms with E-state index in [4.69, 9.17) is 4.43 Å². The molecule has 0 unspecified atom stereocenters. The van der Waals surface area contributed by atoms with Crippen LogP contribution in [0.3, 0.4) is 0 Å². The van der Waals surface area contributed by atoms with E-state index in [2.05, 4.69) is 29.1 Å². The molecule has 0 spiro atoms. The van der Waals surface area contributed by atoms with Crippen LogP contribution in [-0.2, 0) is 6.42 Å². The number of hydrogen-bond acceptors (Lipinski definition) is 3. The summed E-state index contributed by atoms with van der Waals surface area (Å²) >= 11 is 0. The van der Waals surface area contributed by atoms with Gasteiger partial charge in [0.2, 0.25) is 9.04 Å². The van der Waals surface area contributed by atoms with Crippen LogP contribution in [0.15, 0.2) is 47.6 Å². The zero-order chi connectivity index (χ0) is 14.4. The molecule has 2 rings (SSSR count). The van der Waals surface area contributed by atoms with Gasteiger partial charge in [0.05, 0.1) is 0 Å². The van der Waals surface area contributed by atoms with Gasteiger partial charge in [-0.2, -0.15) is 0 Å². The van der Waals surface area contributed by atoms with Gasteiger partial charge in [-0.15, -0.1) is 0 Å². The Morgan fingerprint density at radius 2 is 2.00 bits per heavy atom. The summed E-state index contributed by atoms with van der Waals surface area (Å²) in [5.41, 5.74) is 3.09. The van der Waals surface area contributed by atoms with Crippen LogP contribution in [0.5, 0.6) is 5.75 Å². The Morgan fingerprint density at radius 1 is 1.20 bits per heavy atom. The van der Waals surface area contributed by atoms with Crippen molar-refractivity contribution < 1.29 is 4.43 Å². The van der Waals surface area contributed by atoms with Crippen LogP contribution in [0.25, 0.3) is 0 Å². The Bertz CT molecular complexity index is 579. The van der Waals surface area contributed by atoms with Crippen molar-refractivity contribution in [3.8, 4) is 5.75 Å². The maximum Gasteiger partial charge on any atom is 0.229 e. The Kier molecular flexibility index (Phi) is 5.07. The molecule has 0 aliphatic rings. The van der Waals surface area contributed by atoms with Crippen molar-refractivity contribution in [2.24, 2.45) is 4.99 Å². The molecule has 0 radical (unpaired) electrons. The lowest BCUT2D eigenvalue weighted by molar-refractivity contribution is 0.582. The molecule has 1 heterocycles. The molecule has 0 aliphatic carbocycles. The van der Waals surface area contributed by atoms with Crippen molar-refractivity contribution in [1.29, 1.82) is 0 Å². The van der Waals surface area contributed by atoms with E-state index in [0.29, 0.717) is 0 Å². The predicted molar refractivity (Wildman–Crippen MR) is 86.8 cm³/mol. The highest BCUT2D eigenvalue weighted by atomic mass is 28.3. The molecule has 20 heavy (non-hydrogen) atoms. The minimum Gasteiger partial charge on any atom is -0.546 e. The Hall–Kier alpha value is -1.94. The first kappa shape index (κ1) is 14.5. The highest BCUT2D eigenvalue weighted by molar-refractivity contribution is 6.49. The fourth-order valence-corrected chi connectivity index (χ4v) is 2.48. The highest BCUT2D eigenvalue weighted by Gasteiger charge is 2.03. The molecule has 0 N–H and O–H groups in total. The van der Waals surface area contributed by atoms with Gasteiger partial charge in [-0.3, -0.25) is 9.98 Å². The average Bonchev–Trinajstić information content (AvgIpc) is 2.42. The van der Waals surface area contributed by atoms with Crippen molar-refractivity contribution in [3.05, 3.63) is 53.9 Å². The lowest BCUT2D eigenvalue weighted by Crippen LogP contribution is -2.11. The van der Waals surface area contributed by atoms with Gasteiger partial charge >= 0.3 is 0 Å². The van der Waals surface area contributed by atoms with Gasteiger partial charge in [0, 0.05) is 24.5 Å². The molecule has 1 aromatic carbocycles. The summed E-state index contributed by atoms with van der Waals surface area (Å²) in [6.07, 6.45) is 4.50. The monoisotopic (exact) mass is 284 g/mol. The topological polar surface area (TPSA) is 34.5 Å². The van der Waals surface area contributed by atoms with E-state index < -0.39 is 9.04 Å². The number of nitrogens with zero attached hydrogens (tertiary/aromatic N) is 2. The van der Waals surface area contributed by atoms with E-state index in [0.717, 1.165) is 23.6 Å². The number of pyridine rings is 1. The maximum atomic E-state index is 5.87. The zero-order valence-electron chi connectivity index (χ0n) is 12.2. The first-order valence-electron chi connectivity index (χ1n) is 6.85. The molecular formula is C16H20N2OSi. The summed E-state index contributed by atoms with van der Waals surface area (Å²) in [4.78, 5) is 8.87. The third-order valence-electron chi connectivity index (χ3n) is 2.73. The van der Waals surface area contributed by atoms with Crippen LogP contribution in [0.1, 0.15) is 11.3 Å². The lowest BCUT2D eigenvalue weighted by atomic mass is 10.2. The molecule has 0 atom stereocenters. The Labute approximate surface area is 122 Å². The molecule has 1 aromatic heterocycles. The lowest BCUT2D eigenvalue weighted by Gasteiger charge is -2.11. The summed E-state index contributed by atoms with van der Waals surface area (Å²) < 4.78 is 5.87. The molecule has 0 fully saturated rings. The molecule has 2 aromatic rings. The number of aryl methyl sites for hydroxylation is 1. The summed E-state index contributed by atoms with van der Waals surface area (Å²) in [5.74, 6) is 0.877. The quantitative estimate of drug-likeness (QED) is 0.620. The van der Waals surface area contributed by atoms with Crippen LogP contribution in [0, 0.1) is 6.92 Å². The largest absolute Gasteiger partial charge is 0.546 e. The molecular weight excluding hydrogens is 264 g/mol. The molecule has 0 saturated heterocycles. The van der Waals surface area contributed by atoms with Gasteiger partial charge in [-0.1, -0.05) is 18.2 Å². The van der Waals surface area contributed by atoms with Gasteiger partial charge in [0.15, 0.2) is 0 Å². The molecule has 104 valence electrons. The highest BCUT2D eigenvalue weighted by Crippen LogP contribution is 2.27. The number of rotatable bonds is 5. The normalized spacial score (nSPS) is 11.2. The summed E-state index contributed by atoms with van der Waals surface area (Å²) in [5, 5.41) is 0. The molecule has 0 bridgehead atoms. The first-order chi connectivity index (χ1) is 9.65. The second kappa shape index (κ2) is 7.00. The fourth-order valence-electron chi connectivity index (χ4n) is 1.77. The van der Waals surface area contributed by atoms with Crippen LogP contribution in [0.4, 0.5) is 5.69 Å². The number of hydrogen-bond donors (Lipinski definition) is 0. The first-order valence-corrected chi connectivity index (χ1v) is 9.63. The van der Waals surface area contributed by atoms with Crippen molar-refractivity contribution >= 4 is 20.9 Å². The number of aromatic nitrogens is 1. The van der Waals surface area contributed by atoms with Gasteiger partial charge in [-0.05, 0) is 43.8 Å². The van der Waals surface area contributed by atoms with Gasteiger partial charge in [-0.25, -0.2) is 0 Å². The molecule has 4 heteroatoms. The molecule has 0 saturated carbocycles. The van der Waals surface area contributed by atoms with E-state index in [9.17, 15) is 0 Å². The summed E-state index contributed by atoms with van der Waals surface area (Å²) in [6.45, 7) is 6.34. The van der Waals surface area contributed by atoms with Crippen LogP contribution < -0.4 is 4.43 Å². The smallest absolute Gasteiger partial charge is 0.229 e. The summed E-state index contributed by atoms with van der Waals surface area (Å²) in [6, 6.07) is 12.0. The third kappa shape index (κ3) is 4.31. The minimum atomic E-state index is -1.11. The fraction of sp³-hybridized carbons (Fsp3) is 0.250. The van der Waals surface area contributed by atoms with Crippen LogP contribution >= 0.6 is 0 Å². The average molecular weight is 284 g/mol. The standard InChI is InChI=1S/C16H20N2OSi/c1-13-8-9-14(18-12-13)10-11-17-15-6-4-5-7-16(15)19-20(2)3/h4-9,11-12,20H,10H2,1-3H3. The van der Waals surface area contributed by atoms with E-state index in [-0.39, 0.29) is 0 Å². The zero-order valence-corrected chi connectivity index (χ0v) is 13.4. The Morgan fingerprint density at radius 3 is 2.70 bits per heavy atom. The number of para-hydroxylation sites is 2. The summed E-state index contributed by atoms with van der Waals surface area (Å²) in [7, 11) is -1.11. The van der Waals surface area contributed by atoms with Gasteiger partial charge < -0.3 is 4.43 Å². The third-order valence-corrected chi connectivity index (χ3v) is 3.46. The molecule has 3 nitrogen and oxygen atoms in total. The van der Waals surface area contributed by atoms with Crippen LogP contribution in [0.2, 0.25) is 13.1 Å². The second-order valence-corrected chi connectivity index (χ2v) is 7.31. The van der Waals surface area contributed by atoms with Gasteiger partial charge in [0.25, 0.3) is 0 Å². The van der Waals surface area contributed by atoms with E-state index in [1.807, 2.05) is 49.7 Å².